The molecule has 0 radical (unpaired) electrons. The molecule has 0 spiro atoms. The third-order valence-electron chi connectivity index (χ3n) is 2.86. The summed E-state index contributed by atoms with van der Waals surface area (Å²) in [6, 6.07) is 0. The van der Waals surface area contributed by atoms with Crippen molar-refractivity contribution in [2.75, 3.05) is 23.7 Å². The number of nitrogens with zero attached hydrogens (tertiary/aromatic N) is 3. The zero-order valence-electron chi connectivity index (χ0n) is 9.40. The molecule has 0 aromatic carbocycles. The van der Waals surface area contributed by atoms with Gasteiger partial charge in [0.15, 0.2) is 0 Å². The summed E-state index contributed by atoms with van der Waals surface area (Å²) in [5, 5.41) is 0. The fourth-order valence-electron chi connectivity index (χ4n) is 2.14. The minimum Gasteiger partial charge on any atom is -0.382 e. The van der Waals surface area contributed by atoms with Gasteiger partial charge in [0.2, 0.25) is 0 Å². The van der Waals surface area contributed by atoms with Crippen molar-refractivity contribution in [1.82, 2.24) is 9.97 Å². The average Bonchev–Trinajstić information content (AvgIpc) is 2.16. The summed E-state index contributed by atoms with van der Waals surface area (Å²) in [5.41, 5.74) is 6.00. The Hall–Kier alpha value is -1.32. The topological polar surface area (TPSA) is 55.0 Å². The van der Waals surface area contributed by atoms with E-state index in [4.69, 9.17) is 5.73 Å². The van der Waals surface area contributed by atoms with E-state index in [1.54, 1.807) is 12.4 Å². The molecular formula is C11H18N4. The molecule has 0 atom stereocenters. The number of hydrogen-bond donors (Lipinski definition) is 1. The first kappa shape index (κ1) is 10.2. The normalized spacial score (nSPS) is 20.3. The van der Waals surface area contributed by atoms with E-state index in [0.717, 1.165) is 18.9 Å². The number of aromatic nitrogens is 2. The number of hydrogen-bond acceptors (Lipinski definition) is 4. The summed E-state index contributed by atoms with van der Waals surface area (Å²) < 4.78 is 0. The maximum atomic E-state index is 5.63. The largest absolute Gasteiger partial charge is 0.382 e. The number of nitrogen functional groups attached to an aromatic ring is 1. The molecule has 15 heavy (non-hydrogen) atoms. The molecule has 1 aromatic heterocycles. The van der Waals surface area contributed by atoms with Gasteiger partial charge in [-0.3, -0.25) is 4.98 Å². The molecule has 0 unspecified atom stereocenters. The van der Waals surface area contributed by atoms with Crippen LogP contribution < -0.4 is 10.6 Å². The monoisotopic (exact) mass is 206 g/mol. The summed E-state index contributed by atoms with van der Waals surface area (Å²) >= 11 is 0. The van der Waals surface area contributed by atoms with Crippen molar-refractivity contribution in [2.24, 2.45) is 5.41 Å². The summed E-state index contributed by atoms with van der Waals surface area (Å²) in [4.78, 5) is 10.7. The van der Waals surface area contributed by atoms with Crippen molar-refractivity contribution in [3.8, 4) is 0 Å². The Bertz CT molecular complexity index is 348. The van der Waals surface area contributed by atoms with Crippen LogP contribution in [0.2, 0.25) is 0 Å². The highest BCUT2D eigenvalue weighted by atomic mass is 15.2. The Morgan fingerprint density at radius 1 is 1.40 bits per heavy atom. The van der Waals surface area contributed by atoms with Crippen molar-refractivity contribution in [3.63, 3.8) is 0 Å². The molecule has 0 aliphatic carbocycles. The van der Waals surface area contributed by atoms with Crippen molar-refractivity contribution in [2.45, 2.75) is 26.7 Å². The van der Waals surface area contributed by atoms with Crippen LogP contribution in [0.3, 0.4) is 0 Å². The average molecular weight is 206 g/mol. The lowest BCUT2D eigenvalue weighted by molar-refractivity contribution is 0.292. The lowest BCUT2D eigenvalue weighted by Gasteiger charge is -2.38. The van der Waals surface area contributed by atoms with Gasteiger partial charge in [-0.2, -0.15) is 0 Å². The molecule has 2 rings (SSSR count). The van der Waals surface area contributed by atoms with Crippen molar-refractivity contribution >= 4 is 11.6 Å². The predicted molar refractivity (Wildman–Crippen MR) is 61.7 cm³/mol. The van der Waals surface area contributed by atoms with Crippen molar-refractivity contribution < 1.29 is 0 Å². The molecule has 1 aliphatic heterocycles. The molecule has 1 aromatic rings. The van der Waals surface area contributed by atoms with E-state index in [-0.39, 0.29) is 0 Å². The summed E-state index contributed by atoms with van der Waals surface area (Å²) in [6.45, 7) is 6.67. The standard InChI is InChI=1S/C11H18N4/c1-11(2)4-3-5-15(8-11)10-7-13-6-9(12)14-10/h6-7H,3-5,8H2,1-2H3,(H2,12,14). The maximum absolute atomic E-state index is 5.63. The van der Waals surface area contributed by atoms with Crippen LogP contribution in [0, 0.1) is 5.41 Å². The molecule has 0 amide bonds. The summed E-state index contributed by atoms with van der Waals surface area (Å²) in [5.74, 6) is 1.40. The van der Waals surface area contributed by atoms with E-state index < -0.39 is 0 Å². The number of piperidine rings is 1. The second-order valence-corrected chi connectivity index (χ2v) is 4.99. The van der Waals surface area contributed by atoms with Gasteiger partial charge in [-0.1, -0.05) is 13.8 Å². The van der Waals surface area contributed by atoms with Crippen LogP contribution in [0.25, 0.3) is 0 Å². The molecule has 0 bridgehead atoms. The molecule has 2 N–H and O–H groups in total. The van der Waals surface area contributed by atoms with Gasteiger partial charge in [0.05, 0.1) is 12.4 Å². The van der Waals surface area contributed by atoms with Crippen LogP contribution in [0.15, 0.2) is 12.4 Å². The molecule has 1 aliphatic rings. The van der Waals surface area contributed by atoms with Crippen molar-refractivity contribution in [1.29, 1.82) is 0 Å². The SMILES string of the molecule is CC1(C)CCCN(c2cncc(N)n2)C1. The quantitative estimate of drug-likeness (QED) is 0.759. The zero-order chi connectivity index (χ0) is 10.9. The first-order chi connectivity index (χ1) is 7.07. The zero-order valence-corrected chi connectivity index (χ0v) is 9.40. The van der Waals surface area contributed by atoms with E-state index in [9.17, 15) is 0 Å². The molecule has 4 nitrogen and oxygen atoms in total. The van der Waals surface area contributed by atoms with Gasteiger partial charge < -0.3 is 10.6 Å². The van der Waals surface area contributed by atoms with Gasteiger partial charge in [0.1, 0.15) is 11.6 Å². The summed E-state index contributed by atoms with van der Waals surface area (Å²) in [6.07, 6.45) is 5.86. The second-order valence-electron chi connectivity index (χ2n) is 4.99. The van der Waals surface area contributed by atoms with Gasteiger partial charge in [0.25, 0.3) is 0 Å². The van der Waals surface area contributed by atoms with E-state index in [1.165, 1.54) is 12.8 Å². The van der Waals surface area contributed by atoms with Crippen LogP contribution >= 0.6 is 0 Å². The fraction of sp³-hybridized carbons (Fsp3) is 0.636. The van der Waals surface area contributed by atoms with E-state index in [0.29, 0.717) is 11.2 Å². The highest BCUT2D eigenvalue weighted by Gasteiger charge is 2.27. The van der Waals surface area contributed by atoms with Gasteiger partial charge in [-0.15, -0.1) is 0 Å². The molecular weight excluding hydrogens is 188 g/mol. The minimum atomic E-state index is 0.366. The third kappa shape index (κ3) is 2.37. The molecule has 0 saturated carbocycles. The maximum Gasteiger partial charge on any atom is 0.149 e. The van der Waals surface area contributed by atoms with Crippen LogP contribution in [0.4, 0.5) is 11.6 Å². The minimum absolute atomic E-state index is 0.366. The van der Waals surface area contributed by atoms with E-state index in [1.807, 2.05) is 0 Å². The molecule has 1 fully saturated rings. The second kappa shape index (κ2) is 3.68. The first-order valence-corrected chi connectivity index (χ1v) is 5.39. The first-order valence-electron chi connectivity index (χ1n) is 5.39. The number of anilines is 2. The Morgan fingerprint density at radius 2 is 2.20 bits per heavy atom. The predicted octanol–water partition coefficient (Wildman–Crippen LogP) is 1.69. The van der Waals surface area contributed by atoms with Gasteiger partial charge in [-0.25, -0.2) is 4.98 Å². The van der Waals surface area contributed by atoms with Crippen LogP contribution in [0.1, 0.15) is 26.7 Å². The van der Waals surface area contributed by atoms with Crippen LogP contribution in [-0.2, 0) is 0 Å². The van der Waals surface area contributed by atoms with Crippen LogP contribution in [0.5, 0.6) is 0 Å². The van der Waals surface area contributed by atoms with Crippen LogP contribution in [-0.4, -0.2) is 23.1 Å². The molecule has 1 saturated heterocycles. The molecule has 82 valence electrons. The smallest absolute Gasteiger partial charge is 0.149 e. The Morgan fingerprint density at radius 3 is 2.87 bits per heavy atom. The fourth-order valence-corrected chi connectivity index (χ4v) is 2.14. The Kier molecular flexibility index (Phi) is 2.50. The Labute approximate surface area is 90.5 Å². The molecule has 2 heterocycles. The Balaban J connectivity index is 2.17. The van der Waals surface area contributed by atoms with Gasteiger partial charge in [-0.05, 0) is 18.3 Å². The third-order valence-corrected chi connectivity index (χ3v) is 2.86. The van der Waals surface area contributed by atoms with Gasteiger partial charge in [0, 0.05) is 13.1 Å². The number of rotatable bonds is 1. The van der Waals surface area contributed by atoms with Gasteiger partial charge >= 0.3 is 0 Å². The lowest BCUT2D eigenvalue weighted by Crippen LogP contribution is -2.40. The van der Waals surface area contributed by atoms with Crippen molar-refractivity contribution in [3.05, 3.63) is 12.4 Å². The highest BCUT2D eigenvalue weighted by molar-refractivity contribution is 5.42. The highest BCUT2D eigenvalue weighted by Crippen LogP contribution is 2.30. The number of nitrogens with two attached hydrogens (primary N) is 1. The van der Waals surface area contributed by atoms with E-state index in [2.05, 4.69) is 28.7 Å². The lowest BCUT2D eigenvalue weighted by atomic mass is 9.84. The molecule has 4 heteroatoms. The summed E-state index contributed by atoms with van der Waals surface area (Å²) in [7, 11) is 0. The van der Waals surface area contributed by atoms with E-state index >= 15 is 0 Å².